The van der Waals surface area contributed by atoms with Crippen molar-refractivity contribution in [2.45, 2.75) is 71.4 Å². The fourth-order valence-electron chi connectivity index (χ4n) is 4.51. The van der Waals surface area contributed by atoms with Crippen LogP contribution in [0.5, 0.6) is 0 Å². The minimum Gasteiger partial charge on any atom is -0.382 e. The maximum absolute atomic E-state index is 12.7. The van der Waals surface area contributed by atoms with Crippen molar-refractivity contribution in [2.24, 2.45) is 16.5 Å². The number of nitrogens with zero attached hydrogens (tertiary/aromatic N) is 4. The number of para-hydroxylation sites is 1. The summed E-state index contributed by atoms with van der Waals surface area (Å²) in [5, 5.41) is 3.75. The molecule has 0 radical (unpaired) electrons. The highest BCUT2D eigenvalue weighted by atomic mass is 16.5. The molecule has 0 aliphatic heterocycles. The Morgan fingerprint density at radius 3 is 2.66 bits per heavy atom. The van der Waals surface area contributed by atoms with Crippen LogP contribution < -0.4 is 22.5 Å². The molecular weight excluding hydrogens is 484 g/mol. The Kier molecular flexibility index (Phi) is 10.8. The van der Waals surface area contributed by atoms with Gasteiger partial charge in [0.2, 0.25) is 5.91 Å². The van der Waals surface area contributed by atoms with E-state index in [1.807, 2.05) is 24.3 Å². The van der Waals surface area contributed by atoms with Crippen molar-refractivity contribution in [1.82, 2.24) is 19.9 Å². The van der Waals surface area contributed by atoms with Crippen molar-refractivity contribution in [2.75, 3.05) is 25.5 Å². The number of guanidine groups is 1. The number of ether oxygens (including phenoxy) is 1. The second kappa shape index (κ2) is 14.3. The number of fused-ring (bicyclic) bond motifs is 3. The maximum atomic E-state index is 12.7. The van der Waals surface area contributed by atoms with Crippen molar-refractivity contribution >= 4 is 45.4 Å². The van der Waals surface area contributed by atoms with E-state index in [1.54, 1.807) is 0 Å². The average Bonchev–Trinajstić information content (AvgIpc) is 3.25. The minimum absolute atomic E-state index is 0.0130. The summed E-state index contributed by atoms with van der Waals surface area (Å²) in [4.78, 5) is 37.5. The van der Waals surface area contributed by atoms with Crippen molar-refractivity contribution in [3.8, 4) is 0 Å². The van der Waals surface area contributed by atoms with Gasteiger partial charge in [0.1, 0.15) is 11.3 Å². The lowest BCUT2D eigenvalue weighted by Crippen LogP contribution is -2.39. The molecule has 0 saturated heterocycles. The number of carbonyl (C=O) groups is 2. The van der Waals surface area contributed by atoms with E-state index in [0.717, 1.165) is 47.0 Å². The number of nitrogens with one attached hydrogen (secondary N) is 1. The zero-order valence-electron chi connectivity index (χ0n) is 22.4. The summed E-state index contributed by atoms with van der Waals surface area (Å²) < 4.78 is 8.11. The first kappa shape index (κ1) is 28.8. The number of aliphatic imine (C=N–C) groups is 1. The summed E-state index contributed by atoms with van der Waals surface area (Å²) in [6.07, 6.45) is 4.90. The van der Waals surface area contributed by atoms with E-state index in [9.17, 15) is 9.59 Å². The number of unbranched alkanes of at least 4 members (excludes halogenated alkanes) is 1. The third kappa shape index (κ3) is 7.88. The molecule has 0 aliphatic rings. The van der Waals surface area contributed by atoms with Gasteiger partial charge in [-0.15, -0.1) is 0 Å². The average molecular weight is 525 g/mol. The SMILES string of the molecule is CCCCc1nc2c(N)nc3ccccc3c2n1CCOCCCC(=O)[C@H](CCCN=C(N)N)NC(C)=O. The number of carbonyl (C=O) groups excluding carboxylic acids is 2. The molecule has 0 bridgehead atoms. The van der Waals surface area contributed by atoms with Crippen LogP contribution >= 0.6 is 0 Å². The predicted octanol–water partition coefficient (Wildman–Crippen LogP) is 2.43. The number of pyridine rings is 1. The molecule has 0 aliphatic carbocycles. The highest BCUT2D eigenvalue weighted by Gasteiger charge is 2.19. The number of ketones is 1. The highest BCUT2D eigenvalue weighted by Crippen LogP contribution is 2.29. The van der Waals surface area contributed by atoms with Crippen molar-refractivity contribution in [3.05, 3.63) is 30.1 Å². The first-order valence-corrected chi connectivity index (χ1v) is 13.3. The fraction of sp³-hybridized carbons (Fsp3) is 0.519. The van der Waals surface area contributed by atoms with Gasteiger partial charge >= 0.3 is 0 Å². The minimum atomic E-state index is -0.549. The molecular formula is C27H40N8O3. The van der Waals surface area contributed by atoms with E-state index in [4.69, 9.17) is 26.9 Å². The number of aryl methyl sites for hydroxylation is 1. The first-order valence-electron chi connectivity index (χ1n) is 13.3. The van der Waals surface area contributed by atoms with E-state index >= 15 is 0 Å². The third-order valence-corrected chi connectivity index (χ3v) is 6.33. The van der Waals surface area contributed by atoms with Crippen molar-refractivity contribution < 1.29 is 14.3 Å². The van der Waals surface area contributed by atoms with E-state index in [-0.39, 0.29) is 17.6 Å². The lowest BCUT2D eigenvalue weighted by molar-refractivity contribution is -0.127. The summed E-state index contributed by atoms with van der Waals surface area (Å²) in [7, 11) is 0. The molecule has 0 saturated carbocycles. The summed E-state index contributed by atoms with van der Waals surface area (Å²) in [6.45, 7) is 5.51. The zero-order chi connectivity index (χ0) is 27.5. The molecule has 0 unspecified atom stereocenters. The van der Waals surface area contributed by atoms with Crippen LogP contribution in [-0.2, 0) is 27.3 Å². The number of anilines is 1. The van der Waals surface area contributed by atoms with E-state index in [2.05, 4.69) is 26.8 Å². The summed E-state index contributed by atoms with van der Waals surface area (Å²) >= 11 is 0. The third-order valence-electron chi connectivity index (χ3n) is 6.33. The Morgan fingerprint density at radius 1 is 1.13 bits per heavy atom. The Balaban J connectivity index is 1.58. The van der Waals surface area contributed by atoms with Gasteiger partial charge in [0.15, 0.2) is 17.6 Å². The second-order valence-electron chi connectivity index (χ2n) is 9.38. The number of hydrogen-bond acceptors (Lipinski definition) is 7. The van der Waals surface area contributed by atoms with Gasteiger partial charge in [-0.2, -0.15) is 0 Å². The number of rotatable bonds is 16. The van der Waals surface area contributed by atoms with Crippen LogP contribution in [0.4, 0.5) is 5.82 Å². The molecule has 0 fully saturated rings. The van der Waals surface area contributed by atoms with Crippen LogP contribution in [0.25, 0.3) is 21.9 Å². The predicted molar refractivity (Wildman–Crippen MR) is 151 cm³/mol. The molecule has 7 N–H and O–H groups in total. The lowest BCUT2D eigenvalue weighted by atomic mass is 10.0. The molecule has 38 heavy (non-hydrogen) atoms. The Morgan fingerprint density at radius 2 is 1.92 bits per heavy atom. The largest absolute Gasteiger partial charge is 0.382 e. The number of imidazole rings is 1. The normalized spacial score (nSPS) is 12.1. The molecule has 1 aromatic carbocycles. The van der Waals surface area contributed by atoms with Crippen LogP contribution in [0, 0.1) is 0 Å². The summed E-state index contributed by atoms with van der Waals surface area (Å²) in [5.41, 5.74) is 19.5. The van der Waals surface area contributed by atoms with E-state index in [1.165, 1.54) is 6.92 Å². The van der Waals surface area contributed by atoms with Gasteiger partial charge < -0.3 is 31.8 Å². The molecule has 3 aromatic rings. The maximum Gasteiger partial charge on any atom is 0.217 e. The number of nitrogens with two attached hydrogens (primary N) is 3. The van der Waals surface area contributed by atoms with Crippen LogP contribution in [0.2, 0.25) is 0 Å². The number of benzene rings is 1. The van der Waals surface area contributed by atoms with Gasteiger partial charge in [-0.3, -0.25) is 14.6 Å². The molecule has 11 heteroatoms. The number of amides is 1. The zero-order valence-corrected chi connectivity index (χ0v) is 22.4. The molecule has 11 nitrogen and oxygen atoms in total. The summed E-state index contributed by atoms with van der Waals surface area (Å²) in [6, 6.07) is 7.39. The molecule has 206 valence electrons. The van der Waals surface area contributed by atoms with Gasteiger partial charge in [-0.1, -0.05) is 31.5 Å². The Bertz CT molecular complexity index is 1270. The molecule has 2 heterocycles. The quantitative estimate of drug-likeness (QED) is 0.125. The van der Waals surface area contributed by atoms with E-state index in [0.29, 0.717) is 57.8 Å². The standard InChI is InChI=1S/C27H40N8O3/c1-3-4-13-23-34-24-25(19-9-5-6-10-20(19)33-26(24)28)35(23)15-17-38-16-8-12-22(37)21(32-18(2)36)11-7-14-31-27(29)30/h5-6,9-10,21H,3-4,7-8,11-17H2,1-2H3,(H2,28,33)(H,32,36)(H4,29,30,31)/t21-/m0/s1. The first-order chi connectivity index (χ1) is 18.3. The smallest absolute Gasteiger partial charge is 0.217 e. The van der Waals surface area contributed by atoms with Gasteiger partial charge in [0.05, 0.1) is 23.7 Å². The second-order valence-corrected chi connectivity index (χ2v) is 9.38. The van der Waals surface area contributed by atoms with Crippen LogP contribution in [0.1, 0.15) is 58.2 Å². The van der Waals surface area contributed by atoms with Gasteiger partial charge in [-0.05, 0) is 31.7 Å². The van der Waals surface area contributed by atoms with Crippen molar-refractivity contribution in [1.29, 1.82) is 0 Å². The number of aromatic nitrogens is 3. The van der Waals surface area contributed by atoms with Gasteiger partial charge in [0, 0.05) is 44.8 Å². The van der Waals surface area contributed by atoms with Crippen LogP contribution in [0.15, 0.2) is 29.3 Å². The number of nitrogen functional groups attached to an aromatic ring is 1. The molecule has 1 atom stereocenters. The molecule has 1 amide bonds. The molecule has 3 rings (SSSR count). The highest BCUT2D eigenvalue weighted by molar-refractivity contribution is 6.06. The monoisotopic (exact) mass is 524 g/mol. The Hall–Kier alpha value is -3.73. The molecule has 2 aromatic heterocycles. The van der Waals surface area contributed by atoms with Gasteiger partial charge in [0.25, 0.3) is 0 Å². The van der Waals surface area contributed by atoms with E-state index < -0.39 is 6.04 Å². The number of Topliss-reactive ketones (excluding diaryl/α,β-unsaturated/α-hetero) is 1. The fourth-order valence-corrected chi connectivity index (χ4v) is 4.51. The van der Waals surface area contributed by atoms with Crippen LogP contribution in [0.3, 0.4) is 0 Å². The Labute approximate surface area is 223 Å². The van der Waals surface area contributed by atoms with Crippen molar-refractivity contribution in [3.63, 3.8) is 0 Å². The van der Waals surface area contributed by atoms with Crippen LogP contribution in [-0.4, -0.2) is 58.0 Å². The lowest BCUT2D eigenvalue weighted by Gasteiger charge is -2.16. The van der Waals surface area contributed by atoms with Gasteiger partial charge in [-0.25, -0.2) is 9.97 Å². The molecule has 0 spiro atoms. The topological polar surface area (TPSA) is 177 Å². The summed E-state index contributed by atoms with van der Waals surface area (Å²) in [5.74, 6) is 1.16. The number of hydrogen-bond donors (Lipinski definition) is 4.